The van der Waals surface area contributed by atoms with Crippen molar-refractivity contribution in [1.29, 1.82) is 0 Å². The molecule has 6 nitrogen and oxygen atoms in total. The first-order valence-corrected chi connectivity index (χ1v) is 8.37. The summed E-state index contributed by atoms with van der Waals surface area (Å²) in [6.45, 7) is 6.09. The van der Waals surface area contributed by atoms with Gasteiger partial charge in [0.05, 0.1) is 17.1 Å². The summed E-state index contributed by atoms with van der Waals surface area (Å²) >= 11 is 0. The van der Waals surface area contributed by atoms with Gasteiger partial charge in [0.25, 0.3) is 5.91 Å². The fourth-order valence-electron chi connectivity index (χ4n) is 2.76. The molecular formula is C19H22N4O2. The van der Waals surface area contributed by atoms with Crippen molar-refractivity contribution in [3.8, 4) is 5.69 Å². The Morgan fingerprint density at radius 3 is 2.60 bits per heavy atom. The van der Waals surface area contributed by atoms with Crippen molar-refractivity contribution in [2.24, 2.45) is 0 Å². The van der Waals surface area contributed by atoms with Crippen LogP contribution in [0.1, 0.15) is 39.8 Å². The van der Waals surface area contributed by atoms with Crippen molar-refractivity contribution in [2.75, 3.05) is 6.54 Å². The first-order valence-electron chi connectivity index (χ1n) is 8.37. The molecule has 1 amide bonds. The average molecular weight is 338 g/mol. The van der Waals surface area contributed by atoms with Gasteiger partial charge in [0.2, 0.25) is 5.76 Å². The fourth-order valence-corrected chi connectivity index (χ4v) is 2.76. The van der Waals surface area contributed by atoms with Gasteiger partial charge in [-0.15, -0.1) is 0 Å². The van der Waals surface area contributed by atoms with E-state index < -0.39 is 0 Å². The number of hydrogen-bond donors (Lipinski definition) is 1. The van der Waals surface area contributed by atoms with Gasteiger partial charge in [0.15, 0.2) is 5.89 Å². The number of amides is 1. The zero-order chi connectivity index (χ0) is 17.8. The number of oxazole rings is 1. The summed E-state index contributed by atoms with van der Waals surface area (Å²) in [5.74, 6) is 0.590. The molecule has 0 aliphatic rings. The molecule has 0 spiro atoms. The number of nitrogens with zero attached hydrogens (tertiary/aromatic N) is 3. The van der Waals surface area contributed by atoms with Crippen molar-refractivity contribution in [3.63, 3.8) is 0 Å². The van der Waals surface area contributed by atoms with Gasteiger partial charge in [-0.1, -0.05) is 18.2 Å². The van der Waals surface area contributed by atoms with Crippen molar-refractivity contribution < 1.29 is 9.21 Å². The summed E-state index contributed by atoms with van der Waals surface area (Å²) in [6.07, 6.45) is 3.74. The fraction of sp³-hybridized carbons (Fsp3) is 0.316. The van der Waals surface area contributed by atoms with Gasteiger partial charge in [-0.05, 0) is 44.4 Å². The van der Waals surface area contributed by atoms with Crippen LogP contribution in [-0.2, 0) is 6.42 Å². The third-order valence-corrected chi connectivity index (χ3v) is 4.04. The number of carbonyl (C=O) groups is 1. The summed E-state index contributed by atoms with van der Waals surface area (Å²) in [7, 11) is 0. The number of para-hydroxylation sites is 1. The molecule has 0 radical (unpaired) electrons. The summed E-state index contributed by atoms with van der Waals surface area (Å²) in [6, 6.07) is 10.0. The Labute approximate surface area is 146 Å². The monoisotopic (exact) mass is 338 g/mol. The van der Waals surface area contributed by atoms with Crippen LogP contribution in [-0.4, -0.2) is 27.2 Å². The van der Waals surface area contributed by atoms with E-state index in [1.165, 1.54) is 5.56 Å². The summed E-state index contributed by atoms with van der Waals surface area (Å²) in [5, 5.41) is 7.44. The van der Waals surface area contributed by atoms with Crippen molar-refractivity contribution in [2.45, 2.75) is 33.6 Å². The van der Waals surface area contributed by atoms with Crippen LogP contribution in [0, 0.1) is 20.8 Å². The van der Waals surface area contributed by atoms with Gasteiger partial charge in [-0.3, -0.25) is 4.79 Å². The van der Waals surface area contributed by atoms with Gasteiger partial charge < -0.3 is 9.73 Å². The van der Waals surface area contributed by atoms with Gasteiger partial charge in [0, 0.05) is 19.7 Å². The van der Waals surface area contributed by atoms with Crippen LogP contribution in [0.5, 0.6) is 0 Å². The molecule has 3 rings (SSSR count). The Balaban J connectivity index is 1.53. The van der Waals surface area contributed by atoms with E-state index in [2.05, 4.69) is 21.6 Å². The first-order chi connectivity index (χ1) is 12.0. The van der Waals surface area contributed by atoms with Gasteiger partial charge in [0.1, 0.15) is 0 Å². The van der Waals surface area contributed by atoms with Gasteiger partial charge in [-0.2, -0.15) is 5.10 Å². The number of hydrogen-bond acceptors (Lipinski definition) is 4. The lowest BCUT2D eigenvalue weighted by molar-refractivity contribution is 0.0923. The molecule has 0 fully saturated rings. The number of benzene rings is 1. The normalized spacial score (nSPS) is 10.8. The minimum Gasteiger partial charge on any atom is -0.436 e. The largest absolute Gasteiger partial charge is 0.436 e. The summed E-state index contributed by atoms with van der Waals surface area (Å²) in [4.78, 5) is 16.2. The Kier molecular flexibility index (Phi) is 4.97. The molecule has 0 aliphatic carbocycles. The molecule has 2 heterocycles. The first kappa shape index (κ1) is 17.0. The number of nitrogens with one attached hydrogen (secondary N) is 1. The van der Waals surface area contributed by atoms with Crippen LogP contribution < -0.4 is 5.32 Å². The average Bonchev–Trinajstić information content (AvgIpc) is 3.14. The second kappa shape index (κ2) is 7.34. The lowest BCUT2D eigenvalue weighted by Crippen LogP contribution is -2.25. The molecule has 3 aromatic rings. The van der Waals surface area contributed by atoms with Crippen LogP contribution in [0.15, 0.2) is 40.9 Å². The second-order valence-electron chi connectivity index (χ2n) is 6.03. The van der Waals surface area contributed by atoms with Crippen molar-refractivity contribution in [3.05, 3.63) is 65.1 Å². The van der Waals surface area contributed by atoms with Crippen LogP contribution in [0.4, 0.5) is 0 Å². The highest BCUT2D eigenvalue weighted by molar-refractivity contribution is 5.92. The molecule has 0 aliphatic heterocycles. The zero-order valence-corrected chi connectivity index (χ0v) is 14.7. The van der Waals surface area contributed by atoms with E-state index in [9.17, 15) is 4.79 Å². The summed E-state index contributed by atoms with van der Waals surface area (Å²) < 4.78 is 7.22. The molecule has 0 saturated carbocycles. The molecule has 1 N–H and O–H groups in total. The second-order valence-corrected chi connectivity index (χ2v) is 6.03. The lowest BCUT2D eigenvalue weighted by atomic mass is 10.1. The SMILES string of the molecule is Cc1nc(C)c(C(=O)NCCCc2cn(-c3ccccc3)nc2C)o1. The molecule has 6 heteroatoms. The van der Waals surface area contributed by atoms with Crippen LogP contribution >= 0.6 is 0 Å². The smallest absolute Gasteiger partial charge is 0.289 e. The standard InChI is InChI=1S/C19H22N4O2/c1-13-16(12-23(22-13)17-9-5-4-6-10-17)8-7-11-20-19(24)18-14(2)21-15(3)25-18/h4-6,9-10,12H,7-8,11H2,1-3H3,(H,20,24). The van der Waals surface area contributed by atoms with Gasteiger partial charge in [-0.25, -0.2) is 9.67 Å². The topological polar surface area (TPSA) is 73.0 Å². The molecule has 1 aromatic carbocycles. The maximum absolute atomic E-state index is 12.1. The highest BCUT2D eigenvalue weighted by Gasteiger charge is 2.15. The number of carbonyl (C=O) groups excluding carboxylic acids is 1. The quantitative estimate of drug-likeness (QED) is 0.701. The van der Waals surface area contributed by atoms with Crippen molar-refractivity contribution in [1.82, 2.24) is 20.1 Å². The number of rotatable bonds is 6. The Bertz CT molecular complexity index is 865. The van der Waals surface area contributed by atoms with E-state index in [1.807, 2.05) is 41.9 Å². The molecule has 0 unspecified atom stereocenters. The van der Waals surface area contributed by atoms with E-state index in [0.717, 1.165) is 24.2 Å². The van der Waals surface area contributed by atoms with Crippen molar-refractivity contribution >= 4 is 5.91 Å². The number of aromatic nitrogens is 3. The molecule has 130 valence electrons. The predicted octanol–water partition coefficient (Wildman–Crippen LogP) is 3.15. The van der Waals surface area contributed by atoms with E-state index in [-0.39, 0.29) is 5.91 Å². The molecule has 0 bridgehead atoms. The van der Waals surface area contributed by atoms with E-state index in [0.29, 0.717) is 23.9 Å². The maximum atomic E-state index is 12.1. The third-order valence-electron chi connectivity index (χ3n) is 4.04. The van der Waals surface area contributed by atoms with Crippen LogP contribution in [0.2, 0.25) is 0 Å². The molecule has 25 heavy (non-hydrogen) atoms. The zero-order valence-electron chi connectivity index (χ0n) is 14.7. The van der Waals surface area contributed by atoms with Crippen LogP contribution in [0.25, 0.3) is 5.69 Å². The molecule has 2 aromatic heterocycles. The molecular weight excluding hydrogens is 316 g/mol. The Morgan fingerprint density at radius 2 is 1.92 bits per heavy atom. The Hall–Kier alpha value is -2.89. The van der Waals surface area contributed by atoms with E-state index >= 15 is 0 Å². The minimum absolute atomic E-state index is 0.213. The van der Waals surface area contributed by atoms with E-state index in [4.69, 9.17) is 4.42 Å². The molecule has 0 saturated heterocycles. The lowest BCUT2D eigenvalue weighted by Gasteiger charge is -2.03. The maximum Gasteiger partial charge on any atom is 0.289 e. The summed E-state index contributed by atoms with van der Waals surface area (Å²) in [5.41, 5.74) is 3.86. The number of aryl methyl sites for hydroxylation is 4. The predicted molar refractivity (Wildman–Crippen MR) is 94.9 cm³/mol. The Morgan fingerprint density at radius 1 is 1.16 bits per heavy atom. The van der Waals surface area contributed by atoms with Gasteiger partial charge >= 0.3 is 0 Å². The molecule has 0 atom stereocenters. The highest BCUT2D eigenvalue weighted by atomic mass is 16.4. The van der Waals surface area contributed by atoms with E-state index in [1.54, 1.807) is 13.8 Å². The van der Waals surface area contributed by atoms with Crippen LogP contribution in [0.3, 0.4) is 0 Å². The third kappa shape index (κ3) is 3.96. The minimum atomic E-state index is -0.213. The highest BCUT2D eigenvalue weighted by Crippen LogP contribution is 2.13.